The van der Waals surface area contributed by atoms with E-state index in [1.165, 1.54) is 32.4 Å². The minimum atomic E-state index is -0.569. The van der Waals surface area contributed by atoms with Gasteiger partial charge in [-0.25, -0.2) is 5.48 Å². The van der Waals surface area contributed by atoms with Crippen molar-refractivity contribution < 1.29 is 19.3 Å². The zero-order chi connectivity index (χ0) is 12.1. The van der Waals surface area contributed by atoms with E-state index in [2.05, 4.69) is 10.3 Å². The highest BCUT2D eigenvalue weighted by molar-refractivity contribution is 5.96. The highest BCUT2D eigenvalue weighted by atomic mass is 16.6. The van der Waals surface area contributed by atoms with E-state index in [9.17, 15) is 14.9 Å². The van der Waals surface area contributed by atoms with Crippen molar-refractivity contribution >= 4 is 11.6 Å². The molecule has 0 fully saturated rings. The second kappa shape index (κ2) is 5.08. The lowest BCUT2D eigenvalue weighted by Crippen LogP contribution is -2.22. The van der Waals surface area contributed by atoms with Gasteiger partial charge in [-0.15, -0.1) is 0 Å². The lowest BCUT2D eigenvalue weighted by atomic mass is 10.1. The molecule has 1 aromatic rings. The van der Waals surface area contributed by atoms with Crippen molar-refractivity contribution in [1.82, 2.24) is 5.48 Å². The van der Waals surface area contributed by atoms with Gasteiger partial charge in [0.25, 0.3) is 11.6 Å². The van der Waals surface area contributed by atoms with E-state index in [0.29, 0.717) is 0 Å². The number of hydroxylamine groups is 1. The van der Waals surface area contributed by atoms with E-state index in [1.54, 1.807) is 0 Å². The molecule has 1 aromatic carbocycles. The quantitative estimate of drug-likeness (QED) is 0.608. The third kappa shape index (κ3) is 2.45. The highest BCUT2D eigenvalue weighted by Gasteiger charge is 2.16. The Hall–Kier alpha value is -2.15. The number of rotatable bonds is 4. The van der Waals surface area contributed by atoms with Crippen LogP contribution in [0.1, 0.15) is 10.4 Å². The Labute approximate surface area is 91.1 Å². The first kappa shape index (κ1) is 11.9. The van der Waals surface area contributed by atoms with E-state index in [-0.39, 0.29) is 17.0 Å². The minimum absolute atomic E-state index is 0.115. The van der Waals surface area contributed by atoms with E-state index >= 15 is 0 Å². The van der Waals surface area contributed by atoms with Gasteiger partial charge in [0.2, 0.25) is 0 Å². The van der Waals surface area contributed by atoms with Crippen LogP contribution in [0, 0.1) is 10.1 Å². The zero-order valence-electron chi connectivity index (χ0n) is 8.72. The predicted molar refractivity (Wildman–Crippen MR) is 54.1 cm³/mol. The van der Waals surface area contributed by atoms with Crippen LogP contribution in [0.2, 0.25) is 0 Å². The van der Waals surface area contributed by atoms with Crippen LogP contribution in [-0.4, -0.2) is 25.1 Å². The molecule has 0 aromatic heterocycles. The first-order valence-corrected chi connectivity index (χ1v) is 4.26. The summed E-state index contributed by atoms with van der Waals surface area (Å²) in [5, 5.41) is 10.5. The first-order valence-electron chi connectivity index (χ1n) is 4.26. The number of methoxy groups -OCH3 is 1. The molecule has 16 heavy (non-hydrogen) atoms. The fraction of sp³-hybridized carbons (Fsp3) is 0.222. The fourth-order valence-electron chi connectivity index (χ4n) is 1.13. The molecular formula is C9H10N2O5. The summed E-state index contributed by atoms with van der Waals surface area (Å²) in [6.07, 6.45) is 0. The van der Waals surface area contributed by atoms with E-state index in [1.807, 2.05) is 0 Å². The van der Waals surface area contributed by atoms with Gasteiger partial charge in [-0.1, -0.05) is 0 Å². The number of carbonyl (C=O) groups is 1. The zero-order valence-corrected chi connectivity index (χ0v) is 8.72. The number of nitrogens with zero attached hydrogens (tertiary/aromatic N) is 1. The topological polar surface area (TPSA) is 90.7 Å². The maximum atomic E-state index is 11.4. The largest absolute Gasteiger partial charge is 0.496 e. The molecule has 1 N–H and O–H groups in total. The first-order chi connectivity index (χ1) is 7.60. The van der Waals surface area contributed by atoms with Crippen LogP contribution < -0.4 is 10.2 Å². The van der Waals surface area contributed by atoms with Crippen LogP contribution in [0.3, 0.4) is 0 Å². The van der Waals surface area contributed by atoms with Gasteiger partial charge in [0.05, 0.1) is 30.8 Å². The number of nitrogens with one attached hydrogen (secondary N) is 1. The molecule has 0 spiro atoms. The summed E-state index contributed by atoms with van der Waals surface area (Å²) in [5.74, 6) is -0.419. The summed E-state index contributed by atoms with van der Waals surface area (Å²) in [5.41, 5.74) is 2.11. The molecule has 0 radical (unpaired) electrons. The van der Waals surface area contributed by atoms with Gasteiger partial charge in [0, 0.05) is 6.07 Å². The number of nitro groups is 1. The predicted octanol–water partition coefficient (Wildman–Crippen LogP) is 0.895. The number of benzene rings is 1. The average molecular weight is 226 g/mol. The summed E-state index contributed by atoms with van der Waals surface area (Å²) in [7, 11) is 2.61. The molecule has 1 rings (SSSR count). The average Bonchev–Trinajstić information content (AvgIpc) is 2.28. The Morgan fingerprint density at radius 2 is 2.12 bits per heavy atom. The van der Waals surface area contributed by atoms with Crippen molar-refractivity contribution in [3.05, 3.63) is 33.9 Å². The number of carbonyl (C=O) groups excluding carboxylic acids is 1. The molecule has 7 nitrogen and oxygen atoms in total. The summed E-state index contributed by atoms with van der Waals surface area (Å²) < 4.78 is 4.88. The fourth-order valence-corrected chi connectivity index (χ4v) is 1.13. The van der Waals surface area contributed by atoms with Gasteiger partial charge < -0.3 is 4.74 Å². The molecule has 7 heteroatoms. The van der Waals surface area contributed by atoms with Crippen LogP contribution in [0.15, 0.2) is 18.2 Å². The normalized spacial score (nSPS) is 9.62. The van der Waals surface area contributed by atoms with Crippen molar-refractivity contribution in [2.24, 2.45) is 0 Å². The summed E-state index contributed by atoms with van der Waals surface area (Å²) >= 11 is 0. The summed E-state index contributed by atoms with van der Waals surface area (Å²) in [6, 6.07) is 3.68. The van der Waals surface area contributed by atoms with Crippen LogP contribution in [0.25, 0.3) is 0 Å². The second-order valence-corrected chi connectivity index (χ2v) is 2.78. The molecule has 0 aliphatic heterocycles. The smallest absolute Gasteiger partial charge is 0.278 e. The number of hydrogen-bond acceptors (Lipinski definition) is 5. The van der Waals surface area contributed by atoms with Crippen LogP contribution in [0.4, 0.5) is 5.69 Å². The van der Waals surface area contributed by atoms with Crippen molar-refractivity contribution in [1.29, 1.82) is 0 Å². The highest BCUT2D eigenvalue weighted by Crippen LogP contribution is 2.24. The molecule has 0 aliphatic rings. The van der Waals surface area contributed by atoms with Gasteiger partial charge in [0.15, 0.2) is 0 Å². The van der Waals surface area contributed by atoms with Gasteiger partial charge in [-0.3, -0.25) is 19.7 Å². The van der Waals surface area contributed by atoms with Gasteiger partial charge in [0.1, 0.15) is 5.75 Å². The van der Waals surface area contributed by atoms with Crippen molar-refractivity contribution in [2.45, 2.75) is 0 Å². The molecule has 0 saturated heterocycles. The standard InChI is InChI=1S/C9H10N2O5/c1-15-8-5-6(11(13)14)3-4-7(8)9(12)10-16-2/h3-5H,1-2H3,(H,10,12). The van der Waals surface area contributed by atoms with Crippen molar-refractivity contribution in [2.75, 3.05) is 14.2 Å². The van der Waals surface area contributed by atoms with E-state index < -0.39 is 10.8 Å². The molecule has 0 aliphatic carbocycles. The molecule has 0 bridgehead atoms. The minimum Gasteiger partial charge on any atom is -0.496 e. The Morgan fingerprint density at radius 3 is 2.62 bits per heavy atom. The summed E-state index contributed by atoms with van der Waals surface area (Å²) in [4.78, 5) is 25.8. The molecule has 0 atom stereocenters. The Bertz CT molecular complexity index is 418. The second-order valence-electron chi connectivity index (χ2n) is 2.78. The van der Waals surface area contributed by atoms with Crippen molar-refractivity contribution in [3.8, 4) is 5.75 Å². The van der Waals surface area contributed by atoms with E-state index in [4.69, 9.17) is 4.74 Å². The molecule has 0 heterocycles. The van der Waals surface area contributed by atoms with Gasteiger partial charge in [-0.05, 0) is 6.07 Å². The summed E-state index contributed by atoms with van der Waals surface area (Å²) in [6.45, 7) is 0. The number of non-ortho nitro benzene ring substituents is 1. The maximum Gasteiger partial charge on any atom is 0.278 e. The maximum absolute atomic E-state index is 11.4. The molecule has 86 valence electrons. The van der Waals surface area contributed by atoms with Crippen LogP contribution >= 0.6 is 0 Å². The lowest BCUT2D eigenvalue weighted by molar-refractivity contribution is -0.384. The Kier molecular flexibility index (Phi) is 3.78. The Morgan fingerprint density at radius 1 is 1.44 bits per heavy atom. The Balaban J connectivity index is 3.11. The molecule has 0 unspecified atom stereocenters. The van der Waals surface area contributed by atoms with Gasteiger partial charge >= 0.3 is 0 Å². The van der Waals surface area contributed by atoms with Crippen molar-refractivity contribution in [3.63, 3.8) is 0 Å². The van der Waals surface area contributed by atoms with E-state index in [0.717, 1.165) is 0 Å². The van der Waals surface area contributed by atoms with Crippen LogP contribution in [0.5, 0.6) is 5.75 Å². The monoisotopic (exact) mass is 226 g/mol. The molecule has 0 saturated carbocycles. The number of amides is 1. The third-order valence-corrected chi connectivity index (χ3v) is 1.84. The van der Waals surface area contributed by atoms with Crippen LogP contribution in [-0.2, 0) is 4.84 Å². The number of ether oxygens (including phenoxy) is 1. The lowest BCUT2D eigenvalue weighted by Gasteiger charge is -2.07. The molecular weight excluding hydrogens is 216 g/mol. The SMILES string of the molecule is CONC(=O)c1ccc([N+](=O)[O-])cc1OC. The number of nitro benzene ring substituents is 1. The number of hydrogen-bond donors (Lipinski definition) is 1. The molecule has 1 amide bonds. The third-order valence-electron chi connectivity index (χ3n) is 1.84. The van der Waals surface area contributed by atoms with Gasteiger partial charge in [-0.2, -0.15) is 0 Å².